The Hall–Kier alpha value is -4.05. The molecule has 0 bridgehead atoms. The van der Waals surface area contributed by atoms with Gasteiger partial charge in [0.1, 0.15) is 5.75 Å². The minimum atomic E-state index is -0.477. The first-order chi connectivity index (χ1) is 15.9. The smallest absolute Gasteiger partial charge is 0.269 e. The van der Waals surface area contributed by atoms with Crippen LogP contribution >= 0.6 is 11.3 Å². The van der Waals surface area contributed by atoms with Gasteiger partial charge in [0, 0.05) is 35.7 Å². The van der Waals surface area contributed by atoms with Crippen molar-refractivity contribution >= 4 is 45.7 Å². The highest BCUT2D eigenvalue weighted by atomic mass is 32.1. The molecule has 1 aliphatic heterocycles. The minimum absolute atomic E-state index is 0.0113. The lowest BCUT2D eigenvalue weighted by atomic mass is 10.1. The van der Waals surface area contributed by atoms with Crippen molar-refractivity contribution in [2.45, 2.75) is 13.3 Å². The zero-order valence-electron chi connectivity index (χ0n) is 17.7. The molecule has 2 heterocycles. The minimum Gasteiger partial charge on any atom is -0.482 e. The highest BCUT2D eigenvalue weighted by Crippen LogP contribution is 2.36. The number of rotatable bonds is 7. The van der Waals surface area contributed by atoms with E-state index in [0.29, 0.717) is 28.7 Å². The molecule has 1 aliphatic rings. The summed E-state index contributed by atoms with van der Waals surface area (Å²) in [6.07, 6.45) is 3.73. The number of thiazole rings is 1. The van der Waals surface area contributed by atoms with E-state index >= 15 is 0 Å². The van der Waals surface area contributed by atoms with Crippen molar-refractivity contribution in [1.29, 1.82) is 0 Å². The molecule has 0 spiro atoms. The van der Waals surface area contributed by atoms with Crippen LogP contribution in [0.5, 0.6) is 5.75 Å². The van der Waals surface area contributed by atoms with Crippen LogP contribution in [0.4, 0.5) is 16.5 Å². The zero-order valence-corrected chi connectivity index (χ0v) is 18.5. The van der Waals surface area contributed by atoms with Gasteiger partial charge in [-0.25, -0.2) is 4.98 Å². The van der Waals surface area contributed by atoms with Gasteiger partial charge in [0.2, 0.25) is 5.91 Å². The van der Waals surface area contributed by atoms with Gasteiger partial charge in [-0.15, -0.1) is 11.3 Å². The molecular formula is C23H20N4O5S. The third kappa shape index (κ3) is 5.07. The second-order valence-corrected chi connectivity index (χ2v) is 8.08. The van der Waals surface area contributed by atoms with Crippen molar-refractivity contribution in [1.82, 2.24) is 4.98 Å². The quantitative estimate of drug-likeness (QED) is 0.313. The molecule has 0 aliphatic carbocycles. The molecule has 3 aromatic rings. The molecule has 168 valence electrons. The highest BCUT2D eigenvalue weighted by molar-refractivity contribution is 7.14. The molecule has 33 heavy (non-hydrogen) atoms. The van der Waals surface area contributed by atoms with Gasteiger partial charge < -0.3 is 9.64 Å². The third-order valence-corrected chi connectivity index (χ3v) is 5.67. The summed E-state index contributed by atoms with van der Waals surface area (Å²) in [7, 11) is 0. The van der Waals surface area contributed by atoms with Crippen molar-refractivity contribution in [2.75, 3.05) is 23.4 Å². The van der Waals surface area contributed by atoms with Crippen LogP contribution < -0.4 is 15.0 Å². The SMILES string of the molecule is CCCN1C(=O)COc2ccc(-c3csc(NC(=O)/C=C/c4ccc([N+](=O)[O-])cc4)n3)cc21. The van der Waals surface area contributed by atoms with Crippen molar-refractivity contribution in [3.8, 4) is 17.0 Å². The number of carbonyl (C=O) groups excluding carboxylic acids is 2. The van der Waals surface area contributed by atoms with Crippen LogP contribution in [0.2, 0.25) is 0 Å². The van der Waals surface area contributed by atoms with Gasteiger partial charge in [0.25, 0.3) is 11.6 Å². The molecule has 1 N–H and O–H groups in total. The third-order valence-electron chi connectivity index (χ3n) is 4.91. The Morgan fingerprint density at radius 2 is 2.09 bits per heavy atom. The monoisotopic (exact) mass is 464 g/mol. The highest BCUT2D eigenvalue weighted by Gasteiger charge is 2.25. The number of hydrogen-bond acceptors (Lipinski definition) is 7. The van der Waals surface area contributed by atoms with E-state index in [1.54, 1.807) is 23.1 Å². The number of hydrogen-bond donors (Lipinski definition) is 1. The largest absolute Gasteiger partial charge is 0.482 e. The molecule has 10 heteroatoms. The predicted molar refractivity (Wildman–Crippen MR) is 126 cm³/mol. The first kappa shape index (κ1) is 22.2. The number of nitro groups is 1. The number of aromatic nitrogens is 1. The second kappa shape index (κ2) is 9.61. The number of ether oxygens (including phenoxy) is 1. The fourth-order valence-electron chi connectivity index (χ4n) is 3.32. The van der Waals surface area contributed by atoms with Crippen molar-refractivity contribution in [2.24, 2.45) is 0 Å². The Kier molecular flexibility index (Phi) is 6.45. The molecule has 9 nitrogen and oxygen atoms in total. The lowest BCUT2D eigenvalue weighted by Gasteiger charge is -2.29. The van der Waals surface area contributed by atoms with Crippen molar-refractivity contribution < 1.29 is 19.2 Å². The number of amides is 2. The summed E-state index contributed by atoms with van der Waals surface area (Å²) >= 11 is 1.28. The van der Waals surface area contributed by atoms with Gasteiger partial charge in [-0.2, -0.15) is 0 Å². The van der Waals surface area contributed by atoms with Gasteiger partial charge in [0.15, 0.2) is 11.7 Å². The van der Waals surface area contributed by atoms with Crippen molar-refractivity contribution in [3.05, 3.63) is 69.6 Å². The van der Waals surface area contributed by atoms with Gasteiger partial charge in [-0.05, 0) is 48.4 Å². The van der Waals surface area contributed by atoms with Crippen LogP contribution in [-0.2, 0) is 9.59 Å². The maximum Gasteiger partial charge on any atom is 0.269 e. The molecule has 1 aromatic heterocycles. The number of anilines is 2. The molecule has 0 unspecified atom stereocenters. The summed E-state index contributed by atoms with van der Waals surface area (Å²) < 4.78 is 5.54. The number of nitrogens with zero attached hydrogens (tertiary/aromatic N) is 3. The average Bonchev–Trinajstić information content (AvgIpc) is 3.28. The van der Waals surface area contributed by atoms with E-state index in [1.165, 1.54) is 29.5 Å². The number of fused-ring (bicyclic) bond motifs is 1. The van der Waals surface area contributed by atoms with Crippen LogP contribution in [0.3, 0.4) is 0 Å². The number of benzene rings is 2. The van der Waals surface area contributed by atoms with E-state index in [1.807, 2.05) is 30.5 Å². The molecule has 0 atom stereocenters. The Morgan fingerprint density at radius 1 is 1.30 bits per heavy atom. The van der Waals surface area contributed by atoms with Crippen LogP contribution in [0, 0.1) is 10.1 Å². The van der Waals surface area contributed by atoms with E-state index in [9.17, 15) is 19.7 Å². The summed E-state index contributed by atoms with van der Waals surface area (Å²) in [5, 5.41) is 15.7. The van der Waals surface area contributed by atoms with Crippen LogP contribution in [0.1, 0.15) is 18.9 Å². The van der Waals surface area contributed by atoms with Gasteiger partial charge in [-0.3, -0.25) is 25.0 Å². The lowest BCUT2D eigenvalue weighted by Crippen LogP contribution is -2.39. The average molecular weight is 465 g/mol. The van der Waals surface area contributed by atoms with Gasteiger partial charge in [0.05, 0.1) is 16.3 Å². The van der Waals surface area contributed by atoms with E-state index < -0.39 is 4.92 Å². The molecule has 2 amide bonds. The Bertz CT molecular complexity index is 1240. The topological polar surface area (TPSA) is 115 Å². The van der Waals surface area contributed by atoms with E-state index in [2.05, 4.69) is 10.3 Å². The molecular weight excluding hydrogens is 444 g/mol. The standard InChI is InChI=1S/C23H20N4O5S/c1-2-11-26-19-12-16(6-9-20(19)32-13-22(26)29)18-14-33-23(24-18)25-21(28)10-5-15-3-7-17(8-4-15)27(30)31/h3-10,12,14H,2,11,13H2,1H3,(H,24,25,28)/b10-5+. The van der Waals surface area contributed by atoms with E-state index in [0.717, 1.165) is 17.7 Å². The summed E-state index contributed by atoms with van der Waals surface area (Å²) in [6.45, 7) is 2.66. The predicted octanol–water partition coefficient (Wildman–Crippen LogP) is 4.51. The fourth-order valence-corrected chi connectivity index (χ4v) is 4.04. The molecule has 0 saturated heterocycles. The molecule has 2 aromatic carbocycles. The molecule has 0 fully saturated rings. The Balaban J connectivity index is 1.45. The molecule has 0 radical (unpaired) electrons. The van der Waals surface area contributed by atoms with E-state index in [4.69, 9.17) is 4.74 Å². The van der Waals surface area contributed by atoms with E-state index in [-0.39, 0.29) is 24.1 Å². The zero-order chi connectivity index (χ0) is 23.4. The Labute approximate surface area is 193 Å². The number of non-ortho nitro benzene ring substituents is 1. The fraction of sp³-hybridized carbons (Fsp3) is 0.174. The summed E-state index contributed by atoms with van der Waals surface area (Å²) in [5.74, 6) is 0.215. The van der Waals surface area contributed by atoms with Crippen LogP contribution in [0.15, 0.2) is 53.9 Å². The van der Waals surface area contributed by atoms with Crippen LogP contribution in [-0.4, -0.2) is 34.9 Å². The molecule has 0 saturated carbocycles. The normalized spacial score (nSPS) is 13.0. The van der Waals surface area contributed by atoms with Gasteiger partial charge >= 0.3 is 0 Å². The maximum absolute atomic E-state index is 12.2. The van der Waals surface area contributed by atoms with Crippen LogP contribution in [0.25, 0.3) is 17.3 Å². The number of nitrogens with one attached hydrogen (secondary N) is 1. The number of nitro benzene ring substituents is 1. The summed E-state index contributed by atoms with van der Waals surface area (Å²) in [5.41, 5.74) is 2.86. The Morgan fingerprint density at radius 3 is 2.82 bits per heavy atom. The van der Waals surface area contributed by atoms with Crippen molar-refractivity contribution in [3.63, 3.8) is 0 Å². The first-order valence-electron chi connectivity index (χ1n) is 10.2. The lowest BCUT2D eigenvalue weighted by molar-refractivity contribution is -0.384. The molecule has 4 rings (SSSR count). The number of carbonyl (C=O) groups is 2. The first-order valence-corrected chi connectivity index (χ1v) is 11.1. The summed E-state index contributed by atoms with van der Waals surface area (Å²) in [4.78, 5) is 40.9. The second-order valence-electron chi connectivity index (χ2n) is 7.23. The summed E-state index contributed by atoms with van der Waals surface area (Å²) in [6, 6.07) is 11.5. The maximum atomic E-state index is 12.2. The van der Waals surface area contributed by atoms with Gasteiger partial charge in [-0.1, -0.05) is 6.92 Å².